The Kier molecular flexibility index (Phi) is 6.02. The summed E-state index contributed by atoms with van der Waals surface area (Å²) in [5.41, 5.74) is 7.87. The topological polar surface area (TPSA) is 64.3 Å². The third kappa shape index (κ3) is 4.05. The maximum Gasteiger partial charge on any atom is 0.227 e. The van der Waals surface area contributed by atoms with Gasteiger partial charge in [0.1, 0.15) is 0 Å². The lowest BCUT2D eigenvalue weighted by molar-refractivity contribution is -0.122. The largest absolute Gasteiger partial charge is 0.380 e. The standard InChI is InChI=1S/C16H24N2O2/c17-9-12-20-11-4-10-18-16(19)15-8-3-6-13-5-1-2-7-14(13)15/h1-2,5,7,15H,3-4,6,8-12,17H2,(H,18,19). The summed E-state index contributed by atoms with van der Waals surface area (Å²) >= 11 is 0. The highest BCUT2D eigenvalue weighted by molar-refractivity contribution is 5.84. The molecule has 0 fully saturated rings. The number of aryl methyl sites for hydroxylation is 1. The van der Waals surface area contributed by atoms with E-state index < -0.39 is 0 Å². The molecule has 0 bridgehead atoms. The van der Waals surface area contributed by atoms with Crippen LogP contribution in [0, 0.1) is 0 Å². The Bertz CT molecular complexity index is 434. The van der Waals surface area contributed by atoms with Crippen LogP contribution in [0.1, 0.15) is 36.3 Å². The van der Waals surface area contributed by atoms with Gasteiger partial charge in [0.15, 0.2) is 0 Å². The Morgan fingerprint density at radius 2 is 2.20 bits per heavy atom. The first-order valence-electron chi connectivity index (χ1n) is 7.46. The van der Waals surface area contributed by atoms with Crippen molar-refractivity contribution < 1.29 is 9.53 Å². The van der Waals surface area contributed by atoms with Crippen molar-refractivity contribution in [1.29, 1.82) is 0 Å². The summed E-state index contributed by atoms with van der Waals surface area (Å²) in [7, 11) is 0. The molecule has 1 aliphatic carbocycles. The van der Waals surface area contributed by atoms with Crippen LogP contribution in [0.5, 0.6) is 0 Å². The van der Waals surface area contributed by atoms with Crippen LogP contribution in [0.3, 0.4) is 0 Å². The second-order valence-corrected chi connectivity index (χ2v) is 5.19. The van der Waals surface area contributed by atoms with Gasteiger partial charge in [-0.25, -0.2) is 0 Å². The summed E-state index contributed by atoms with van der Waals surface area (Å²) in [6, 6.07) is 8.29. The average molecular weight is 276 g/mol. The van der Waals surface area contributed by atoms with Crippen LogP contribution < -0.4 is 11.1 Å². The van der Waals surface area contributed by atoms with Gasteiger partial charge in [-0.15, -0.1) is 0 Å². The molecule has 4 nitrogen and oxygen atoms in total. The number of rotatable bonds is 7. The first kappa shape index (κ1) is 15.0. The minimum atomic E-state index is 0.0184. The van der Waals surface area contributed by atoms with Gasteiger partial charge in [-0.05, 0) is 36.8 Å². The number of amides is 1. The molecule has 0 saturated carbocycles. The van der Waals surface area contributed by atoms with Crippen molar-refractivity contribution >= 4 is 5.91 Å². The zero-order valence-corrected chi connectivity index (χ0v) is 11.9. The minimum Gasteiger partial charge on any atom is -0.380 e. The fraction of sp³-hybridized carbons (Fsp3) is 0.562. The number of hydrogen-bond acceptors (Lipinski definition) is 3. The predicted molar refractivity (Wildman–Crippen MR) is 79.6 cm³/mol. The molecule has 110 valence electrons. The fourth-order valence-electron chi connectivity index (χ4n) is 2.72. The van der Waals surface area contributed by atoms with Crippen molar-refractivity contribution in [3.63, 3.8) is 0 Å². The van der Waals surface area contributed by atoms with Crippen LogP contribution in [0.4, 0.5) is 0 Å². The van der Waals surface area contributed by atoms with Crippen LogP contribution in [0.25, 0.3) is 0 Å². The van der Waals surface area contributed by atoms with E-state index in [0.717, 1.165) is 25.7 Å². The fourth-order valence-corrected chi connectivity index (χ4v) is 2.72. The Morgan fingerprint density at radius 3 is 3.05 bits per heavy atom. The van der Waals surface area contributed by atoms with E-state index in [1.54, 1.807) is 0 Å². The molecule has 0 aromatic heterocycles. The SMILES string of the molecule is NCCOCCCNC(=O)C1CCCc2ccccc21. The molecule has 0 radical (unpaired) electrons. The van der Waals surface area contributed by atoms with Gasteiger partial charge in [0.2, 0.25) is 5.91 Å². The molecule has 0 spiro atoms. The lowest BCUT2D eigenvalue weighted by Crippen LogP contribution is -2.32. The normalized spacial score (nSPS) is 17.6. The monoisotopic (exact) mass is 276 g/mol. The van der Waals surface area contributed by atoms with Crippen molar-refractivity contribution in [2.75, 3.05) is 26.3 Å². The van der Waals surface area contributed by atoms with Crippen molar-refractivity contribution in [1.82, 2.24) is 5.32 Å². The van der Waals surface area contributed by atoms with Crippen LogP contribution in [0.2, 0.25) is 0 Å². The van der Waals surface area contributed by atoms with Crippen molar-refractivity contribution in [3.8, 4) is 0 Å². The number of nitrogens with one attached hydrogen (secondary N) is 1. The molecule has 0 heterocycles. The van der Waals surface area contributed by atoms with Crippen LogP contribution >= 0.6 is 0 Å². The van der Waals surface area contributed by atoms with Gasteiger partial charge < -0.3 is 15.8 Å². The van der Waals surface area contributed by atoms with Crippen LogP contribution in [-0.4, -0.2) is 32.2 Å². The zero-order valence-electron chi connectivity index (χ0n) is 11.9. The first-order chi connectivity index (χ1) is 9.83. The van der Waals surface area contributed by atoms with Crippen molar-refractivity contribution in [3.05, 3.63) is 35.4 Å². The summed E-state index contributed by atoms with van der Waals surface area (Å²) in [6.07, 6.45) is 3.97. The van der Waals surface area contributed by atoms with E-state index in [1.165, 1.54) is 11.1 Å². The highest BCUT2D eigenvalue weighted by Gasteiger charge is 2.25. The number of nitrogens with two attached hydrogens (primary N) is 1. The highest BCUT2D eigenvalue weighted by atomic mass is 16.5. The predicted octanol–water partition coefficient (Wildman–Crippen LogP) is 1.59. The quantitative estimate of drug-likeness (QED) is 0.743. The van der Waals surface area contributed by atoms with Crippen LogP contribution in [0.15, 0.2) is 24.3 Å². The number of carbonyl (C=O) groups is 1. The second kappa shape index (κ2) is 8.02. The van der Waals surface area contributed by atoms with E-state index in [-0.39, 0.29) is 11.8 Å². The maximum absolute atomic E-state index is 12.3. The van der Waals surface area contributed by atoms with E-state index in [4.69, 9.17) is 10.5 Å². The summed E-state index contributed by atoms with van der Waals surface area (Å²) in [4.78, 5) is 12.3. The Morgan fingerprint density at radius 1 is 1.35 bits per heavy atom. The van der Waals surface area contributed by atoms with Gasteiger partial charge in [-0.1, -0.05) is 24.3 Å². The van der Waals surface area contributed by atoms with Gasteiger partial charge in [0.25, 0.3) is 0 Å². The van der Waals surface area contributed by atoms with E-state index in [2.05, 4.69) is 17.4 Å². The lowest BCUT2D eigenvalue weighted by atomic mass is 9.82. The minimum absolute atomic E-state index is 0.0184. The molecule has 1 amide bonds. The molecule has 0 saturated heterocycles. The smallest absolute Gasteiger partial charge is 0.227 e. The third-order valence-electron chi connectivity index (χ3n) is 3.71. The van der Waals surface area contributed by atoms with Gasteiger partial charge in [0.05, 0.1) is 12.5 Å². The average Bonchev–Trinajstić information content (AvgIpc) is 2.50. The molecule has 0 aliphatic heterocycles. The van der Waals surface area contributed by atoms with Gasteiger partial charge in [-0.2, -0.15) is 0 Å². The van der Waals surface area contributed by atoms with Gasteiger partial charge in [0, 0.05) is 19.7 Å². The highest BCUT2D eigenvalue weighted by Crippen LogP contribution is 2.31. The van der Waals surface area contributed by atoms with E-state index >= 15 is 0 Å². The Labute approximate surface area is 120 Å². The van der Waals surface area contributed by atoms with Gasteiger partial charge >= 0.3 is 0 Å². The summed E-state index contributed by atoms with van der Waals surface area (Å²) in [5.74, 6) is 0.167. The molecule has 1 aliphatic rings. The first-order valence-corrected chi connectivity index (χ1v) is 7.46. The Hall–Kier alpha value is -1.39. The number of fused-ring (bicyclic) bond motifs is 1. The number of benzene rings is 1. The number of hydrogen-bond donors (Lipinski definition) is 2. The molecule has 4 heteroatoms. The molecule has 20 heavy (non-hydrogen) atoms. The second-order valence-electron chi connectivity index (χ2n) is 5.19. The Balaban J connectivity index is 1.79. The maximum atomic E-state index is 12.3. The molecule has 2 rings (SSSR count). The molecule has 1 aromatic rings. The number of ether oxygens (including phenoxy) is 1. The number of carbonyl (C=O) groups excluding carboxylic acids is 1. The lowest BCUT2D eigenvalue weighted by Gasteiger charge is -2.24. The van der Waals surface area contributed by atoms with Crippen molar-refractivity contribution in [2.45, 2.75) is 31.6 Å². The summed E-state index contributed by atoms with van der Waals surface area (Å²) in [6.45, 7) is 2.45. The van der Waals surface area contributed by atoms with Gasteiger partial charge in [-0.3, -0.25) is 4.79 Å². The van der Waals surface area contributed by atoms with E-state index in [1.807, 2.05) is 12.1 Å². The van der Waals surface area contributed by atoms with Crippen molar-refractivity contribution in [2.24, 2.45) is 5.73 Å². The van der Waals surface area contributed by atoms with E-state index in [9.17, 15) is 4.79 Å². The third-order valence-corrected chi connectivity index (χ3v) is 3.71. The van der Waals surface area contributed by atoms with E-state index in [0.29, 0.717) is 26.3 Å². The summed E-state index contributed by atoms with van der Waals surface area (Å²) in [5, 5.41) is 3.02. The molecule has 1 unspecified atom stereocenters. The molecule has 1 atom stereocenters. The molecular weight excluding hydrogens is 252 g/mol. The molecule has 3 N–H and O–H groups in total. The molecular formula is C16H24N2O2. The van der Waals surface area contributed by atoms with Crippen LogP contribution in [-0.2, 0) is 16.0 Å². The summed E-state index contributed by atoms with van der Waals surface area (Å²) < 4.78 is 5.29. The molecule has 1 aromatic carbocycles. The zero-order chi connectivity index (χ0) is 14.2.